The van der Waals surface area contributed by atoms with E-state index in [1.165, 1.54) is 4.52 Å². The molecule has 26 heavy (non-hydrogen) atoms. The molecule has 0 unspecified atom stereocenters. The van der Waals surface area contributed by atoms with Gasteiger partial charge in [-0.1, -0.05) is 0 Å². The predicted octanol–water partition coefficient (Wildman–Crippen LogP) is 0.668. The first-order chi connectivity index (χ1) is 12.6. The summed E-state index contributed by atoms with van der Waals surface area (Å²) in [5.74, 6) is 0.616. The number of nitrogens with one attached hydrogen (secondary N) is 1. The highest BCUT2D eigenvalue weighted by molar-refractivity contribution is 5.98. The number of nitrogens with zero attached hydrogens (tertiary/aromatic N) is 5. The minimum absolute atomic E-state index is 0.0269. The number of aromatic nitrogens is 4. The SMILES string of the molecule is COc1ccc(N2C[C@@H](NC(=O)c3nc4ncccn4n3)CC2=O)cc1. The van der Waals surface area contributed by atoms with Crippen LogP contribution in [0.25, 0.3) is 5.78 Å². The highest BCUT2D eigenvalue weighted by Crippen LogP contribution is 2.24. The van der Waals surface area contributed by atoms with Crippen molar-refractivity contribution < 1.29 is 14.3 Å². The molecule has 3 heterocycles. The van der Waals surface area contributed by atoms with Crippen LogP contribution in [-0.4, -0.2) is 51.1 Å². The Bertz CT molecular complexity index is 935. The molecule has 2 aromatic heterocycles. The molecule has 0 spiro atoms. The van der Waals surface area contributed by atoms with Crippen LogP contribution in [0.5, 0.6) is 5.75 Å². The Hall–Kier alpha value is -3.49. The van der Waals surface area contributed by atoms with Crippen molar-refractivity contribution in [3.8, 4) is 5.75 Å². The third-order valence-corrected chi connectivity index (χ3v) is 4.16. The number of ether oxygens (including phenoxy) is 1. The van der Waals surface area contributed by atoms with E-state index in [4.69, 9.17) is 4.74 Å². The van der Waals surface area contributed by atoms with E-state index in [1.807, 2.05) is 12.1 Å². The summed E-state index contributed by atoms with van der Waals surface area (Å²) in [6.45, 7) is 0.391. The van der Waals surface area contributed by atoms with E-state index in [0.29, 0.717) is 12.3 Å². The number of hydrogen-bond donors (Lipinski definition) is 1. The van der Waals surface area contributed by atoms with Crippen LogP contribution in [0.3, 0.4) is 0 Å². The van der Waals surface area contributed by atoms with Crippen LogP contribution in [0.1, 0.15) is 17.0 Å². The molecule has 0 radical (unpaired) electrons. The molecule has 9 heteroatoms. The third-order valence-electron chi connectivity index (χ3n) is 4.16. The van der Waals surface area contributed by atoms with Gasteiger partial charge in [-0.2, -0.15) is 4.98 Å². The van der Waals surface area contributed by atoms with Gasteiger partial charge < -0.3 is 15.0 Å². The van der Waals surface area contributed by atoms with Crippen LogP contribution in [0.4, 0.5) is 5.69 Å². The Balaban J connectivity index is 1.45. The number of benzene rings is 1. The minimum Gasteiger partial charge on any atom is -0.497 e. The molecule has 1 aliphatic rings. The first-order valence-corrected chi connectivity index (χ1v) is 8.07. The number of carbonyl (C=O) groups excluding carboxylic acids is 2. The van der Waals surface area contributed by atoms with E-state index in [9.17, 15) is 9.59 Å². The first kappa shape index (κ1) is 16.0. The monoisotopic (exact) mass is 352 g/mol. The molecule has 1 N–H and O–H groups in total. The molecular weight excluding hydrogens is 336 g/mol. The fourth-order valence-electron chi connectivity index (χ4n) is 2.89. The third kappa shape index (κ3) is 2.94. The number of anilines is 1. The van der Waals surface area contributed by atoms with Gasteiger partial charge in [0.1, 0.15) is 5.75 Å². The van der Waals surface area contributed by atoms with Gasteiger partial charge in [0.2, 0.25) is 11.7 Å². The van der Waals surface area contributed by atoms with Gasteiger partial charge in [0, 0.05) is 31.0 Å². The molecular formula is C17H16N6O3. The van der Waals surface area contributed by atoms with Crippen LogP contribution >= 0.6 is 0 Å². The number of amides is 2. The predicted molar refractivity (Wildman–Crippen MR) is 92.0 cm³/mol. The molecule has 9 nitrogen and oxygen atoms in total. The van der Waals surface area contributed by atoms with E-state index in [1.54, 1.807) is 42.6 Å². The maximum atomic E-state index is 12.4. The molecule has 3 aromatic rings. The van der Waals surface area contributed by atoms with E-state index in [0.717, 1.165) is 11.4 Å². The zero-order chi connectivity index (χ0) is 18.1. The van der Waals surface area contributed by atoms with Crippen molar-refractivity contribution in [1.29, 1.82) is 0 Å². The number of rotatable bonds is 4. The van der Waals surface area contributed by atoms with Crippen LogP contribution in [-0.2, 0) is 4.79 Å². The summed E-state index contributed by atoms with van der Waals surface area (Å²) in [6.07, 6.45) is 3.47. The van der Waals surface area contributed by atoms with Gasteiger partial charge in [-0.05, 0) is 30.3 Å². The lowest BCUT2D eigenvalue weighted by Crippen LogP contribution is -2.37. The Kier molecular flexibility index (Phi) is 3.96. The summed E-state index contributed by atoms with van der Waals surface area (Å²) < 4.78 is 6.55. The van der Waals surface area contributed by atoms with Crippen molar-refractivity contribution >= 4 is 23.3 Å². The molecule has 1 fully saturated rings. The van der Waals surface area contributed by atoms with Crippen LogP contribution < -0.4 is 15.0 Å². The normalized spacial score (nSPS) is 16.9. The topological polar surface area (TPSA) is 102 Å². The molecule has 1 atom stereocenters. The summed E-state index contributed by atoms with van der Waals surface area (Å²) in [5, 5.41) is 6.91. The van der Waals surface area contributed by atoms with Crippen molar-refractivity contribution in [2.24, 2.45) is 0 Å². The Morgan fingerprint density at radius 3 is 2.85 bits per heavy atom. The number of hydrogen-bond acceptors (Lipinski definition) is 6. The first-order valence-electron chi connectivity index (χ1n) is 8.07. The molecule has 4 rings (SSSR count). The minimum atomic E-state index is -0.426. The van der Waals surface area contributed by atoms with Crippen molar-refractivity contribution in [3.63, 3.8) is 0 Å². The van der Waals surface area contributed by atoms with Gasteiger partial charge in [-0.15, -0.1) is 5.10 Å². The molecule has 132 valence electrons. The smallest absolute Gasteiger partial charge is 0.291 e. The van der Waals surface area contributed by atoms with Gasteiger partial charge in [0.25, 0.3) is 11.7 Å². The fourth-order valence-corrected chi connectivity index (χ4v) is 2.89. The highest BCUT2D eigenvalue weighted by Gasteiger charge is 2.32. The lowest BCUT2D eigenvalue weighted by Gasteiger charge is -2.17. The summed E-state index contributed by atoms with van der Waals surface area (Å²) >= 11 is 0. The average molecular weight is 352 g/mol. The van der Waals surface area contributed by atoms with Gasteiger partial charge >= 0.3 is 0 Å². The van der Waals surface area contributed by atoms with E-state index in [2.05, 4.69) is 20.4 Å². The zero-order valence-corrected chi connectivity index (χ0v) is 14.0. The molecule has 1 aliphatic heterocycles. The molecule has 0 aliphatic carbocycles. The zero-order valence-electron chi connectivity index (χ0n) is 14.0. The molecule has 1 aromatic carbocycles. The van der Waals surface area contributed by atoms with Gasteiger partial charge in [0.15, 0.2) is 0 Å². The van der Waals surface area contributed by atoms with Crippen molar-refractivity contribution in [2.45, 2.75) is 12.5 Å². The average Bonchev–Trinajstić information content (AvgIpc) is 3.25. The second kappa shape index (κ2) is 6.43. The van der Waals surface area contributed by atoms with Gasteiger partial charge in [0.05, 0.1) is 13.2 Å². The molecule has 0 bridgehead atoms. The van der Waals surface area contributed by atoms with E-state index < -0.39 is 5.91 Å². The molecule has 1 saturated heterocycles. The van der Waals surface area contributed by atoms with E-state index in [-0.39, 0.29) is 24.2 Å². The maximum absolute atomic E-state index is 12.4. The van der Waals surface area contributed by atoms with E-state index >= 15 is 0 Å². The number of methoxy groups -OCH3 is 1. The van der Waals surface area contributed by atoms with Crippen LogP contribution in [0, 0.1) is 0 Å². The lowest BCUT2D eigenvalue weighted by atomic mass is 10.2. The molecule has 2 amide bonds. The summed E-state index contributed by atoms with van der Waals surface area (Å²) in [4.78, 5) is 34.4. The standard InChI is InChI=1S/C17H16N6O3/c1-26-13-5-3-12(4-6-13)22-10-11(9-14(22)24)19-16(25)15-20-17-18-7-2-8-23(17)21-15/h2-8,11H,9-10H2,1H3,(H,19,25)/t11-/m0/s1. The largest absolute Gasteiger partial charge is 0.497 e. The fraction of sp³-hybridized carbons (Fsp3) is 0.235. The Labute approximate surface area is 148 Å². The lowest BCUT2D eigenvalue weighted by molar-refractivity contribution is -0.117. The van der Waals surface area contributed by atoms with Crippen molar-refractivity contribution in [2.75, 3.05) is 18.6 Å². The van der Waals surface area contributed by atoms with Crippen molar-refractivity contribution in [1.82, 2.24) is 24.9 Å². The quantitative estimate of drug-likeness (QED) is 0.740. The van der Waals surface area contributed by atoms with Crippen molar-refractivity contribution in [3.05, 3.63) is 48.5 Å². The Morgan fingerprint density at radius 2 is 2.12 bits per heavy atom. The Morgan fingerprint density at radius 1 is 1.31 bits per heavy atom. The number of fused-ring (bicyclic) bond motifs is 1. The van der Waals surface area contributed by atoms with Crippen LogP contribution in [0.15, 0.2) is 42.7 Å². The summed E-state index contributed by atoms with van der Waals surface area (Å²) in [5.41, 5.74) is 0.766. The molecule has 0 saturated carbocycles. The van der Waals surface area contributed by atoms with Crippen LogP contribution in [0.2, 0.25) is 0 Å². The number of carbonyl (C=O) groups is 2. The maximum Gasteiger partial charge on any atom is 0.291 e. The van der Waals surface area contributed by atoms with Gasteiger partial charge in [-0.25, -0.2) is 9.50 Å². The highest BCUT2D eigenvalue weighted by atomic mass is 16.5. The summed E-state index contributed by atoms with van der Waals surface area (Å²) in [7, 11) is 1.59. The second-order valence-corrected chi connectivity index (χ2v) is 5.88. The summed E-state index contributed by atoms with van der Waals surface area (Å²) in [6, 6.07) is 8.61. The van der Waals surface area contributed by atoms with Gasteiger partial charge in [-0.3, -0.25) is 9.59 Å². The second-order valence-electron chi connectivity index (χ2n) is 5.88.